The molecule has 2 heterocycles. The molecule has 1 amide bonds. The number of hydrogen-bond acceptors (Lipinski definition) is 4. The van der Waals surface area contributed by atoms with Gasteiger partial charge in [-0.05, 0) is 43.7 Å². The van der Waals surface area contributed by atoms with E-state index >= 15 is 0 Å². The van der Waals surface area contributed by atoms with Crippen LogP contribution in [0.2, 0.25) is 0 Å². The number of pyridine rings is 1. The van der Waals surface area contributed by atoms with Crippen LogP contribution in [0.1, 0.15) is 46.5 Å². The first-order valence-electron chi connectivity index (χ1n) is 7.25. The zero-order valence-corrected chi connectivity index (χ0v) is 11.6. The lowest BCUT2D eigenvalue weighted by Gasteiger charge is -2.30. The number of aromatic nitrogens is 1. The van der Waals surface area contributed by atoms with Crippen LogP contribution in [0.5, 0.6) is 0 Å². The summed E-state index contributed by atoms with van der Waals surface area (Å²) in [6.45, 7) is 0.669. The molecule has 112 valence electrons. The molecule has 1 aromatic rings. The van der Waals surface area contributed by atoms with E-state index in [9.17, 15) is 9.59 Å². The second-order valence-corrected chi connectivity index (χ2v) is 5.68. The van der Waals surface area contributed by atoms with Gasteiger partial charge in [0.2, 0.25) is 0 Å². The Morgan fingerprint density at radius 2 is 2.14 bits per heavy atom. The highest BCUT2D eigenvalue weighted by Gasteiger charge is 2.36. The third-order valence-electron chi connectivity index (χ3n) is 4.04. The molecule has 2 atom stereocenters. The average molecular weight is 290 g/mol. The lowest BCUT2D eigenvalue weighted by atomic mass is 9.99. The molecule has 2 aliphatic rings. The molecule has 6 nitrogen and oxygen atoms in total. The van der Waals surface area contributed by atoms with Crippen molar-refractivity contribution in [2.45, 2.75) is 37.8 Å². The Morgan fingerprint density at radius 3 is 2.86 bits per heavy atom. The number of aromatic carboxylic acids is 1. The fraction of sp³-hybridized carbons (Fsp3) is 0.533. The molecule has 1 aliphatic carbocycles. The summed E-state index contributed by atoms with van der Waals surface area (Å²) in [7, 11) is 0. The molecule has 2 N–H and O–H groups in total. The monoisotopic (exact) mass is 290 g/mol. The van der Waals surface area contributed by atoms with Gasteiger partial charge < -0.3 is 15.2 Å². The normalized spacial score (nSPS) is 25.3. The van der Waals surface area contributed by atoms with E-state index in [4.69, 9.17) is 9.84 Å². The number of amides is 1. The van der Waals surface area contributed by atoms with Gasteiger partial charge in [0.25, 0.3) is 5.91 Å². The van der Waals surface area contributed by atoms with Crippen LogP contribution in [-0.4, -0.2) is 40.7 Å². The van der Waals surface area contributed by atoms with Gasteiger partial charge in [-0.1, -0.05) is 0 Å². The molecule has 2 fully saturated rings. The van der Waals surface area contributed by atoms with Gasteiger partial charge in [0.15, 0.2) is 0 Å². The molecule has 1 aromatic heterocycles. The molecular weight excluding hydrogens is 272 g/mol. The summed E-state index contributed by atoms with van der Waals surface area (Å²) in [6.07, 6.45) is 5.68. The quantitative estimate of drug-likeness (QED) is 0.876. The fourth-order valence-electron chi connectivity index (χ4n) is 2.71. The number of nitrogens with zero attached hydrogens (tertiary/aromatic N) is 1. The Bertz CT molecular complexity index is 556. The average Bonchev–Trinajstić information content (AvgIpc) is 3.32. The maximum absolute atomic E-state index is 12.2. The third-order valence-corrected chi connectivity index (χ3v) is 4.04. The van der Waals surface area contributed by atoms with E-state index in [0.717, 1.165) is 12.8 Å². The van der Waals surface area contributed by atoms with E-state index in [1.165, 1.54) is 31.2 Å². The fourth-order valence-corrected chi connectivity index (χ4v) is 2.71. The predicted octanol–water partition coefficient (Wildman–Crippen LogP) is 1.47. The molecule has 3 rings (SSSR count). The maximum atomic E-state index is 12.2. The summed E-state index contributed by atoms with van der Waals surface area (Å²) < 4.78 is 5.73. The van der Waals surface area contributed by atoms with Crippen LogP contribution in [-0.2, 0) is 4.74 Å². The smallest absolute Gasteiger partial charge is 0.354 e. The van der Waals surface area contributed by atoms with Crippen molar-refractivity contribution in [2.24, 2.45) is 5.92 Å². The summed E-state index contributed by atoms with van der Waals surface area (Å²) in [5, 5.41) is 11.9. The summed E-state index contributed by atoms with van der Waals surface area (Å²) in [5.41, 5.74) is 0.211. The van der Waals surface area contributed by atoms with Crippen molar-refractivity contribution in [3.63, 3.8) is 0 Å². The number of hydrogen-bond donors (Lipinski definition) is 2. The van der Waals surface area contributed by atoms with Crippen LogP contribution in [0.25, 0.3) is 0 Å². The molecule has 0 aromatic carbocycles. The second kappa shape index (κ2) is 5.81. The van der Waals surface area contributed by atoms with Gasteiger partial charge in [-0.25, -0.2) is 9.78 Å². The Balaban J connectivity index is 1.62. The third kappa shape index (κ3) is 3.39. The molecule has 0 bridgehead atoms. The first kappa shape index (κ1) is 14.0. The predicted molar refractivity (Wildman–Crippen MR) is 74.1 cm³/mol. The van der Waals surface area contributed by atoms with Gasteiger partial charge in [-0.2, -0.15) is 0 Å². The van der Waals surface area contributed by atoms with Crippen LogP contribution >= 0.6 is 0 Å². The molecular formula is C15H18N2O4. The highest BCUT2D eigenvalue weighted by molar-refractivity contribution is 5.96. The lowest BCUT2D eigenvalue weighted by Crippen LogP contribution is -2.42. The van der Waals surface area contributed by atoms with Crippen molar-refractivity contribution in [3.8, 4) is 0 Å². The van der Waals surface area contributed by atoms with Gasteiger partial charge in [0, 0.05) is 24.4 Å². The summed E-state index contributed by atoms with van der Waals surface area (Å²) >= 11 is 0. The first-order valence-corrected chi connectivity index (χ1v) is 7.25. The number of rotatable bonds is 4. The first-order chi connectivity index (χ1) is 10.1. The van der Waals surface area contributed by atoms with Crippen molar-refractivity contribution in [1.82, 2.24) is 10.3 Å². The Morgan fingerprint density at radius 1 is 1.33 bits per heavy atom. The van der Waals surface area contributed by atoms with Gasteiger partial charge >= 0.3 is 5.97 Å². The minimum absolute atomic E-state index is 0.0956. The zero-order valence-electron chi connectivity index (χ0n) is 11.6. The van der Waals surface area contributed by atoms with E-state index in [0.29, 0.717) is 18.1 Å². The molecule has 1 saturated heterocycles. The number of ether oxygens (including phenoxy) is 1. The van der Waals surface area contributed by atoms with E-state index in [2.05, 4.69) is 10.3 Å². The topological polar surface area (TPSA) is 88.5 Å². The molecule has 0 spiro atoms. The van der Waals surface area contributed by atoms with E-state index in [-0.39, 0.29) is 23.7 Å². The zero-order chi connectivity index (χ0) is 14.8. The van der Waals surface area contributed by atoms with Crippen LogP contribution in [0.4, 0.5) is 0 Å². The molecule has 6 heteroatoms. The summed E-state index contributed by atoms with van der Waals surface area (Å²) in [6, 6.07) is 2.92. The van der Waals surface area contributed by atoms with Crippen molar-refractivity contribution in [2.75, 3.05) is 6.61 Å². The SMILES string of the molecule is O=C(NC1CCOC(C2CC2)C1)c1ccnc(C(=O)O)c1. The lowest BCUT2D eigenvalue weighted by molar-refractivity contribution is -0.0102. The van der Waals surface area contributed by atoms with Crippen molar-refractivity contribution >= 4 is 11.9 Å². The van der Waals surface area contributed by atoms with Crippen LogP contribution in [0.3, 0.4) is 0 Å². The number of carbonyl (C=O) groups is 2. The Kier molecular flexibility index (Phi) is 3.88. The largest absolute Gasteiger partial charge is 0.477 e. The van der Waals surface area contributed by atoms with Crippen LogP contribution < -0.4 is 5.32 Å². The number of carbonyl (C=O) groups excluding carboxylic acids is 1. The van der Waals surface area contributed by atoms with Gasteiger partial charge in [-0.3, -0.25) is 4.79 Å². The van der Waals surface area contributed by atoms with E-state index in [1.54, 1.807) is 0 Å². The van der Waals surface area contributed by atoms with E-state index < -0.39 is 5.97 Å². The van der Waals surface area contributed by atoms with Crippen LogP contribution in [0.15, 0.2) is 18.3 Å². The van der Waals surface area contributed by atoms with Gasteiger partial charge in [-0.15, -0.1) is 0 Å². The van der Waals surface area contributed by atoms with Crippen molar-refractivity contribution < 1.29 is 19.4 Å². The maximum Gasteiger partial charge on any atom is 0.354 e. The highest BCUT2D eigenvalue weighted by Crippen LogP contribution is 2.38. The Labute approximate surface area is 122 Å². The standard InChI is InChI=1S/C15H18N2O4/c18-14(10-3-5-16-12(7-10)15(19)20)17-11-4-6-21-13(8-11)9-1-2-9/h3,5,7,9,11,13H,1-2,4,6,8H2,(H,17,18)(H,19,20). The number of carboxylic acid groups (broad SMARTS) is 1. The van der Waals surface area contributed by atoms with Crippen molar-refractivity contribution in [3.05, 3.63) is 29.6 Å². The van der Waals surface area contributed by atoms with Crippen molar-refractivity contribution in [1.29, 1.82) is 0 Å². The van der Waals surface area contributed by atoms with Gasteiger partial charge in [0.05, 0.1) is 6.10 Å². The minimum atomic E-state index is -1.13. The highest BCUT2D eigenvalue weighted by atomic mass is 16.5. The Hall–Kier alpha value is -1.95. The second-order valence-electron chi connectivity index (χ2n) is 5.68. The molecule has 2 unspecified atom stereocenters. The number of nitrogens with one attached hydrogen (secondary N) is 1. The molecule has 1 aliphatic heterocycles. The van der Waals surface area contributed by atoms with Crippen LogP contribution in [0, 0.1) is 5.92 Å². The minimum Gasteiger partial charge on any atom is -0.477 e. The molecule has 21 heavy (non-hydrogen) atoms. The summed E-state index contributed by atoms with van der Waals surface area (Å²) in [4.78, 5) is 26.8. The van der Waals surface area contributed by atoms with Gasteiger partial charge in [0.1, 0.15) is 5.69 Å². The molecule has 1 saturated carbocycles. The summed E-state index contributed by atoms with van der Waals surface area (Å²) in [5.74, 6) is -0.727. The molecule has 0 radical (unpaired) electrons. The van der Waals surface area contributed by atoms with E-state index in [1.807, 2.05) is 0 Å². The number of carboxylic acids is 1.